The summed E-state index contributed by atoms with van der Waals surface area (Å²) in [6, 6.07) is 21.9. The van der Waals surface area contributed by atoms with Crippen molar-refractivity contribution in [1.29, 1.82) is 0 Å². The van der Waals surface area contributed by atoms with E-state index in [9.17, 15) is 0 Å². The van der Waals surface area contributed by atoms with E-state index >= 15 is 0 Å². The highest BCUT2D eigenvalue weighted by Crippen LogP contribution is 2.35. The zero-order valence-corrected chi connectivity index (χ0v) is 12.0. The molecule has 5 aromatic rings. The molecule has 5 rings (SSSR count). The molecule has 0 N–H and O–H groups in total. The SMILES string of the molecule is c1cc2ccc3ccc(Cn4cccn4)c4ccc(c1)c2c34. The summed E-state index contributed by atoms with van der Waals surface area (Å²) >= 11 is 0. The second-order valence-electron chi connectivity index (χ2n) is 5.78. The summed E-state index contributed by atoms with van der Waals surface area (Å²) in [7, 11) is 0. The number of nitrogens with zero attached hydrogens (tertiary/aromatic N) is 2. The van der Waals surface area contributed by atoms with Crippen LogP contribution in [0.1, 0.15) is 5.56 Å². The van der Waals surface area contributed by atoms with Gasteiger partial charge in [-0.1, -0.05) is 54.6 Å². The average molecular weight is 282 g/mol. The summed E-state index contributed by atoms with van der Waals surface area (Å²) in [6.45, 7) is 0.807. The zero-order valence-electron chi connectivity index (χ0n) is 12.0. The fourth-order valence-corrected chi connectivity index (χ4v) is 3.50. The van der Waals surface area contributed by atoms with Crippen LogP contribution in [0.5, 0.6) is 0 Å². The number of rotatable bonds is 2. The highest BCUT2D eigenvalue weighted by atomic mass is 15.3. The van der Waals surface area contributed by atoms with Crippen LogP contribution in [0.25, 0.3) is 32.3 Å². The van der Waals surface area contributed by atoms with Gasteiger partial charge in [-0.25, -0.2) is 0 Å². The van der Waals surface area contributed by atoms with Gasteiger partial charge in [0.2, 0.25) is 0 Å². The van der Waals surface area contributed by atoms with Crippen LogP contribution in [0.15, 0.2) is 73.1 Å². The zero-order chi connectivity index (χ0) is 14.5. The topological polar surface area (TPSA) is 17.8 Å². The summed E-state index contributed by atoms with van der Waals surface area (Å²) in [6.07, 6.45) is 3.84. The van der Waals surface area contributed by atoms with Crippen molar-refractivity contribution >= 4 is 32.3 Å². The monoisotopic (exact) mass is 282 g/mol. The molecule has 0 spiro atoms. The normalized spacial score (nSPS) is 11.8. The molecule has 1 aromatic heterocycles. The average Bonchev–Trinajstić information content (AvgIpc) is 3.07. The maximum Gasteiger partial charge on any atom is 0.0665 e. The summed E-state index contributed by atoms with van der Waals surface area (Å²) in [5.41, 5.74) is 1.31. The fourth-order valence-electron chi connectivity index (χ4n) is 3.50. The largest absolute Gasteiger partial charge is 0.268 e. The van der Waals surface area contributed by atoms with Gasteiger partial charge in [0.05, 0.1) is 6.54 Å². The third-order valence-electron chi connectivity index (χ3n) is 4.51. The van der Waals surface area contributed by atoms with Gasteiger partial charge in [0, 0.05) is 12.4 Å². The van der Waals surface area contributed by atoms with E-state index in [0.717, 1.165) is 6.54 Å². The van der Waals surface area contributed by atoms with Crippen LogP contribution in [0.4, 0.5) is 0 Å². The smallest absolute Gasteiger partial charge is 0.0665 e. The van der Waals surface area contributed by atoms with Gasteiger partial charge in [-0.15, -0.1) is 0 Å². The lowest BCUT2D eigenvalue weighted by molar-refractivity contribution is 0.690. The molecule has 0 atom stereocenters. The highest BCUT2D eigenvalue weighted by molar-refractivity contribution is 6.23. The molecule has 0 fully saturated rings. The first-order valence-corrected chi connectivity index (χ1v) is 7.53. The van der Waals surface area contributed by atoms with Crippen LogP contribution >= 0.6 is 0 Å². The first-order chi connectivity index (χ1) is 10.9. The summed E-state index contributed by atoms with van der Waals surface area (Å²) < 4.78 is 1.98. The molecule has 2 nitrogen and oxygen atoms in total. The van der Waals surface area contributed by atoms with E-state index in [1.807, 2.05) is 23.1 Å². The molecule has 0 saturated carbocycles. The second-order valence-corrected chi connectivity index (χ2v) is 5.78. The van der Waals surface area contributed by atoms with E-state index in [2.05, 4.69) is 59.7 Å². The van der Waals surface area contributed by atoms with Crippen molar-refractivity contribution in [2.24, 2.45) is 0 Å². The van der Waals surface area contributed by atoms with Gasteiger partial charge in [0.1, 0.15) is 0 Å². The molecule has 0 amide bonds. The first kappa shape index (κ1) is 11.8. The van der Waals surface area contributed by atoms with Gasteiger partial charge in [0.15, 0.2) is 0 Å². The van der Waals surface area contributed by atoms with Crippen LogP contribution in [0.3, 0.4) is 0 Å². The molecular weight excluding hydrogens is 268 g/mol. The number of aromatic nitrogens is 2. The Bertz CT molecular complexity index is 1080. The van der Waals surface area contributed by atoms with E-state index in [1.165, 1.54) is 37.9 Å². The van der Waals surface area contributed by atoms with Crippen molar-refractivity contribution in [2.45, 2.75) is 6.54 Å². The third-order valence-corrected chi connectivity index (χ3v) is 4.51. The Balaban J connectivity index is 1.89. The maximum atomic E-state index is 4.34. The molecule has 22 heavy (non-hydrogen) atoms. The summed E-state index contributed by atoms with van der Waals surface area (Å²) in [5, 5.41) is 12.4. The molecule has 1 heterocycles. The minimum absolute atomic E-state index is 0.807. The van der Waals surface area contributed by atoms with Crippen molar-refractivity contribution in [3.8, 4) is 0 Å². The van der Waals surface area contributed by atoms with Gasteiger partial charge in [-0.05, 0) is 43.9 Å². The quantitative estimate of drug-likeness (QED) is 0.424. The highest BCUT2D eigenvalue weighted by Gasteiger charge is 2.10. The second kappa shape index (κ2) is 4.31. The molecule has 0 unspecified atom stereocenters. The van der Waals surface area contributed by atoms with Crippen molar-refractivity contribution in [1.82, 2.24) is 9.78 Å². The molecule has 104 valence electrons. The Morgan fingerprint density at radius 2 is 1.45 bits per heavy atom. The molecule has 4 aromatic carbocycles. The van der Waals surface area contributed by atoms with Crippen LogP contribution in [0.2, 0.25) is 0 Å². The minimum Gasteiger partial charge on any atom is -0.268 e. The lowest BCUT2D eigenvalue weighted by atomic mass is 9.92. The van der Waals surface area contributed by atoms with Crippen LogP contribution < -0.4 is 0 Å². The van der Waals surface area contributed by atoms with E-state index in [1.54, 1.807) is 0 Å². The Kier molecular flexibility index (Phi) is 2.30. The molecule has 0 aliphatic rings. The predicted molar refractivity (Wildman–Crippen MR) is 91.5 cm³/mol. The lowest BCUT2D eigenvalue weighted by Crippen LogP contribution is -2.00. The molecule has 2 heteroatoms. The Labute approximate surface area is 127 Å². The number of hydrogen-bond acceptors (Lipinski definition) is 1. The summed E-state index contributed by atoms with van der Waals surface area (Å²) in [4.78, 5) is 0. The van der Waals surface area contributed by atoms with Gasteiger partial charge >= 0.3 is 0 Å². The molecule has 0 aliphatic heterocycles. The van der Waals surface area contributed by atoms with Gasteiger partial charge in [-0.2, -0.15) is 5.10 Å². The van der Waals surface area contributed by atoms with Gasteiger partial charge in [0.25, 0.3) is 0 Å². The molecule has 0 bridgehead atoms. The molecular formula is C20H14N2. The van der Waals surface area contributed by atoms with E-state index in [0.29, 0.717) is 0 Å². The standard InChI is InChI=1S/C20H14N2/c1-3-14-5-6-16-7-8-17(13-22-12-2-11-21-22)18-10-9-15(4-1)19(14)20(16)18/h1-12H,13H2. The predicted octanol–water partition coefficient (Wildman–Crippen LogP) is 4.83. The first-order valence-electron chi connectivity index (χ1n) is 7.53. The van der Waals surface area contributed by atoms with Gasteiger partial charge < -0.3 is 0 Å². The molecule has 0 aliphatic carbocycles. The lowest BCUT2D eigenvalue weighted by Gasteiger charge is -2.14. The summed E-state index contributed by atoms with van der Waals surface area (Å²) in [5.74, 6) is 0. The minimum atomic E-state index is 0.807. The number of benzene rings is 4. The van der Waals surface area contributed by atoms with Crippen molar-refractivity contribution in [3.63, 3.8) is 0 Å². The van der Waals surface area contributed by atoms with Crippen molar-refractivity contribution < 1.29 is 0 Å². The third kappa shape index (κ3) is 1.58. The van der Waals surface area contributed by atoms with E-state index in [-0.39, 0.29) is 0 Å². The van der Waals surface area contributed by atoms with Crippen LogP contribution in [-0.2, 0) is 6.54 Å². The Morgan fingerprint density at radius 3 is 2.23 bits per heavy atom. The maximum absolute atomic E-state index is 4.34. The van der Waals surface area contributed by atoms with E-state index in [4.69, 9.17) is 0 Å². The molecule has 0 radical (unpaired) electrons. The Hall–Kier alpha value is -2.87. The molecule has 0 saturated heterocycles. The fraction of sp³-hybridized carbons (Fsp3) is 0.0500. The Morgan fingerprint density at radius 1 is 0.727 bits per heavy atom. The van der Waals surface area contributed by atoms with E-state index < -0.39 is 0 Å². The van der Waals surface area contributed by atoms with Gasteiger partial charge in [-0.3, -0.25) is 4.68 Å². The van der Waals surface area contributed by atoms with Crippen molar-refractivity contribution in [2.75, 3.05) is 0 Å². The van der Waals surface area contributed by atoms with Crippen molar-refractivity contribution in [3.05, 3.63) is 78.6 Å². The number of hydrogen-bond donors (Lipinski definition) is 0. The van der Waals surface area contributed by atoms with Crippen LogP contribution in [-0.4, -0.2) is 9.78 Å². The van der Waals surface area contributed by atoms with Crippen LogP contribution in [0, 0.1) is 0 Å².